The first-order valence-electron chi connectivity index (χ1n) is 6.66. The Morgan fingerprint density at radius 3 is 2.55 bits per heavy atom. The van der Waals surface area contributed by atoms with Crippen LogP contribution in [0.1, 0.15) is 35.2 Å². The van der Waals surface area contributed by atoms with E-state index in [2.05, 4.69) is 40.6 Å². The largest absolute Gasteiger partial charge is 0.367 e. The zero-order valence-electron chi connectivity index (χ0n) is 12.0. The first-order valence-corrected chi connectivity index (χ1v) is 6.66. The number of aryl methyl sites for hydroxylation is 1. The Hall–Kier alpha value is -2.41. The highest BCUT2D eigenvalue weighted by atomic mass is 15.2. The smallest absolute Gasteiger partial charge is 0.166 e. The van der Waals surface area contributed by atoms with Crippen molar-refractivity contribution in [1.82, 2.24) is 10.2 Å². The molecule has 0 radical (unpaired) electrons. The summed E-state index contributed by atoms with van der Waals surface area (Å²) >= 11 is 0. The van der Waals surface area contributed by atoms with Gasteiger partial charge in [-0.25, -0.2) is 0 Å². The van der Waals surface area contributed by atoms with Crippen LogP contribution in [0.2, 0.25) is 0 Å². The van der Waals surface area contributed by atoms with Gasteiger partial charge in [-0.05, 0) is 30.9 Å². The Kier molecular flexibility index (Phi) is 4.31. The monoisotopic (exact) mass is 266 g/mol. The van der Waals surface area contributed by atoms with Gasteiger partial charge < -0.3 is 5.32 Å². The van der Waals surface area contributed by atoms with Gasteiger partial charge in [-0.2, -0.15) is 10.4 Å². The summed E-state index contributed by atoms with van der Waals surface area (Å²) in [6.45, 7) is 6.62. The van der Waals surface area contributed by atoms with Gasteiger partial charge in [0.1, 0.15) is 11.6 Å². The van der Waals surface area contributed by atoms with E-state index in [0.29, 0.717) is 17.3 Å². The lowest BCUT2D eigenvalue weighted by molar-refractivity contribution is 0.795. The molecule has 0 amide bonds. The predicted octanol–water partition coefficient (Wildman–Crippen LogP) is 3.18. The molecule has 1 aromatic heterocycles. The van der Waals surface area contributed by atoms with Crippen molar-refractivity contribution in [3.05, 3.63) is 52.7 Å². The van der Waals surface area contributed by atoms with Crippen LogP contribution in [0.25, 0.3) is 0 Å². The summed E-state index contributed by atoms with van der Waals surface area (Å²) < 4.78 is 0. The van der Waals surface area contributed by atoms with Crippen LogP contribution in [0.4, 0.5) is 5.82 Å². The lowest BCUT2D eigenvalue weighted by Crippen LogP contribution is -2.13. The molecule has 2 aromatic rings. The van der Waals surface area contributed by atoms with Crippen molar-refractivity contribution in [3.63, 3.8) is 0 Å². The zero-order chi connectivity index (χ0) is 14.5. The molecule has 4 nitrogen and oxygen atoms in total. The molecular weight excluding hydrogens is 248 g/mol. The maximum atomic E-state index is 9.25. The van der Waals surface area contributed by atoms with E-state index in [1.54, 1.807) is 0 Å². The van der Waals surface area contributed by atoms with Gasteiger partial charge in [0.15, 0.2) is 5.82 Å². The van der Waals surface area contributed by atoms with E-state index in [1.165, 1.54) is 5.56 Å². The Morgan fingerprint density at radius 1 is 1.20 bits per heavy atom. The molecule has 102 valence electrons. The highest BCUT2D eigenvalue weighted by Gasteiger charge is 2.12. The molecular formula is C16H18N4. The number of hydrogen-bond acceptors (Lipinski definition) is 4. The van der Waals surface area contributed by atoms with E-state index in [4.69, 9.17) is 0 Å². The third-order valence-electron chi connectivity index (χ3n) is 3.51. The normalized spacial score (nSPS) is 11.7. The highest BCUT2D eigenvalue weighted by molar-refractivity contribution is 5.55. The summed E-state index contributed by atoms with van der Waals surface area (Å²) in [4.78, 5) is 0. The molecule has 4 heteroatoms. The maximum Gasteiger partial charge on any atom is 0.166 e. The molecule has 0 bridgehead atoms. The fourth-order valence-electron chi connectivity index (χ4n) is 2.02. The van der Waals surface area contributed by atoms with Crippen molar-refractivity contribution < 1.29 is 0 Å². The summed E-state index contributed by atoms with van der Waals surface area (Å²) in [6.07, 6.45) is 0. The molecule has 0 saturated heterocycles. The van der Waals surface area contributed by atoms with Gasteiger partial charge in [-0.3, -0.25) is 0 Å². The molecule has 0 aliphatic heterocycles. The molecule has 0 spiro atoms. The standard InChI is InChI=1S/C16H18N4/c1-11(14-7-5-4-6-8-14)10-18-16-15(9-17)12(2)13(3)19-20-16/h4-8,11H,10H2,1-3H3,(H,18,20)/t11-/m0/s1. The number of nitrogens with one attached hydrogen (secondary N) is 1. The Labute approximate surface area is 119 Å². The third-order valence-corrected chi connectivity index (χ3v) is 3.51. The minimum absolute atomic E-state index is 0.339. The molecule has 1 aromatic carbocycles. The van der Waals surface area contributed by atoms with Gasteiger partial charge in [0.05, 0.1) is 5.69 Å². The van der Waals surface area contributed by atoms with Crippen molar-refractivity contribution >= 4 is 5.82 Å². The van der Waals surface area contributed by atoms with Crippen LogP contribution in [0, 0.1) is 25.2 Å². The van der Waals surface area contributed by atoms with E-state index in [1.807, 2.05) is 32.0 Å². The second-order valence-electron chi connectivity index (χ2n) is 4.94. The molecule has 0 unspecified atom stereocenters. The van der Waals surface area contributed by atoms with Crippen molar-refractivity contribution in [2.24, 2.45) is 0 Å². The van der Waals surface area contributed by atoms with Gasteiger partial charge in [0.2, 0.25) is 0 Å². The van der Waals surface area contributed by atoms with Crippen LogP contribution in [0.5, 0.6) is 0 Å². The fraction of sp³-hybridized carbons (Fsp3) is 0.312. The van der Waals surface area contributed by atoms with Crippen LogP contribution < -0.4 is 5.32 Å². The summed E-state index contributed by atoms with van der Waals surface area (Å²) in [5.41, 5.74) is 3.52. The Morgan fingerprint density at radius 2 is 1.90 bits per heavy atom. The lowest BCUT2D eigenvalue weighted by Gasteiger charge is -2.14. The lowest BCUT2D eigenvalue weighted by atomic mass is 10.0. The molecule has 20 heavy (non-hydrogen) atoms. The van der Waals surface area contributed by atoms with Crippen LogP contribution in [-0.2, 0) is 0 Å². The Bertz CT molecular complexity index is 629. The number of nitriles is 1. The maximum absolute atomic E-state index is 9.25. The van der Waals surface area contributed by atoms with Crippen LogP contribution in [0.15, 0.2) is 30.3 Å². The number of nitrogens with zero attached hydrogens (tertiary/aromatic N) is 3. The number of rotatable bonds is 4. The average molecular weight is 266 g/mol. The van der Waals surface area contributed by atoms with E-state index in [-0.39, 0.29) is 0 Å². The van der Waals surface area contributed by atoms with E-state index >= 15 is 0 Å². The van der Waals surface area contributed by atoms with Crippen LogP contribution >= 0.6 is 0 Å². The SMILES string of the molecule is Cc1nnc(NC[C@H](C)c2ccccc2)c(C#N)c1C. The minimum atomic E-state index is 0.339. The van der Waals surface area contributed by atoms with Gasteiger partial charge >= 0.3 is 0 Å². The Balaban J connectivity index is 2.12. The molecule has 0 saturated carbocycles. The van der Waals surface area contributed by atoms with Crippen molar-refractivity contribution in [2.45, 2.75) is 26.7 Å². The van der Waals surface area contributed by atoms with Gasteiger partial charge in [0, 0.05) is 6.54 Å². The molecule has 1 atom stereocenters. The molecule has 1 heterocycles. The fourth-order valence-corrected chi connectivity index (χ4v) is 2.02. The first kappa shape index (κ1) is 14.0. The number of anilines is 1. The van der Waals surface area contributed by atoms with Crippen LogP contribution in [-0.4, -0.2) is 16.7 Å². The van der Waals surface area contributed by atoms with Crippen molar-refractivity contribution in [1.29, 1.82) is 5.26 Å². The molecule has 0 aliphatic carbocycles. The van der Waals surface area contributed by atoms with Gasteiger partial charge in [0.25, 0.3) is 0 Å². The highest BCUT2D eigenvalue weighted by Crippen LogP contribution is 2.19. The quantitative estimate of drug-likeness (QED) is 0.923. The number of aromatic nitrogens is 2. The predicted molar refractivity (Wildman–Crippen MR) is 79.6 cm³/mol. The third kappa shape index (κ3) is 2.94. The first-order chi connectivity index (χ1) is 9.63. The topological polar surface area (TPSA) is 61.6 Å². The summed E-state index contributed by atoms with van der Waals surface area (Å²) in [6, 6.07) is 12.5. The van der Waals surface area contributed by atoms with Gasteiger partial charge in [-0.15, -0.1) is 5.10 Å². The average Bonchev–Trinajstić information content (AvgIpc) is 2.49. The second-order valence-corrected chi connectivity index (χ2v) is 4.94. The number of hydrogen-bond donors (Lipinski definition) is 1. The van der Waals surface area contributed by atoms with E-state index in [9.17, 15) is 5.26 Å². The number of benzene rings is 1. The van der Waals surface area contributed by atoms with Crippen molar-refractivity contribution in [2.75, 3.05) is 11.9 Å². The summed E-state index contributed by atoms with van der Waals surface area (Å²) in [7, 11) is 0. The molecule has 2 rings (SSSR count). The zero-order valence-corrected chi connectivity index (χ0v) is 12.0. The molecule has 0 fully saturated rings. The summed E-state index contributed by atoms with van der Waals surface area (Å²) in [5, 5.41) is 20.6. The van der Waals surface area contributed by atoms with E-state index in [0.717, 1.165) is 17.8 Å². The second kappa shape index (κ2) is 6.16. The van der Waals surface area contributed by atoms with Crippen molar-refractivity contribution in [3.8, 4) is 6.07 Å². The molecule has 0 aliphatic rings. The minimum Gasteiger partial charge on any atom is -0.367 e. The van der Waals surface area contributed by atoms with Crippen LogP contribution in [0.3, 0.4) is 0 Å². The van der Waals surface area contributed by atoms with E-state index < -0.39 is 0 Å². The van der Waals surface area contributed by atoms with Gasteiger partial charge in [-0.1, -0.05) is 37.3 Å². The molecule has 1 N–H and O–H groups in total. The summed E-state index contributed by atoms with van der Waals surface area (Å²) in [5.74, 6) is 0.907.